The van der Waals surface area contributed by atoms with Gasteiger partial charge in [-0.3, -0.25) is 18.6 Å². The first-order chi connectivity index (χ1) is 17.2. The first-order valence-electron chi connectivity index (χ1n) is 11.1. The van der Waals surface area contributed by atoms with Crippen molar-refractivity contribution in [2.45, 2.75) is 24.8 Å². The number of allylic oxidation sites excluding steroid dienone is 1. The van der Waals surface area contributed by atoms with Gasteiger partial charge in [0.1, 0.15) is 5.76 Å². The number of thioether (sulfide) groups is 1. The third kappa shape index (κ3) is 4.63. The van der Waals surface area contributed by atoms with Crippen LogP contribution in [0, 0.1) is 0 Å². The first-order valence-corrected chi connectivity index (χ1v) is 12.1. The fourth-order valence-electron chi connectivity index (χ4n) is 3.97. The second-order valence-electron chi connectivity index (χ2n) is 7.94. The first kappa shape index (κ1) is 22.7. The lowest BCUT2D eigenvalue weighted by molar-refractivity contribution is -0.129. The topological polar surface area (TPSA) is 85.6 Å². The summed E-state index contributed by atoms with van der Waals surface area (Å²) >= 11 is 1.29. The molecule has 0 bridgehead atoms. The van der Waals surface area contributed by atoms with Gasteiger partial charge in [-0.05, 0) is 29.8 Å². The highest BCUT2D eigenvalue weighted by molar-refractivity contribution is 7.99. The van der Waals surface area contributed by atoms with Crippen LogP contribution in [0.1, 0.15) is 11.3 Å². The van der Waals surface area contributed by atoms with Crippen molar-refractivity contribution in [2.75, 3.05) is 5.75 Å². The largest absolute Gasteiger partial charge is 0.467 e. The zero-order valence-corrected chi connectivity index (χ0v) is 19.7. The average Bonchev–Trinajstić information content (AvgIpc) is 3.55. The number of hydrogen-bond donors (Lipinski definition) is 0. The van der Waals surface area contributed by atoms with Crippen molar-refractivity contribution in [3.8, 4) is 0 Å². The predicted molar refractivity (Wildman–Crippen MR) is 135 cm³/mol. The molecule has 2 aromatic carbocycles. The highest BCUT2D eigenvalue weighted by Gasteiger charge is 2.20. The molecule has 5 aromatic rings. The number of rotatable bonds is 9. The second kappa shape index (κ2) is 10.0. The number of amides is 1. The summed E-state index contributed by atoms with van der Waals surface area (Å²) in [7, 11) is 0. The van der Waals surface area contributed by atoms with Gasteiger partial charge < -0.3 is 9.32 Å². The molecule has 0 atom stereocenters. The van der Waals surface area contributed by atoms with Crippen molar-refractivity contribution in [3.63, 3.8) is 0 Å². The molecule has 3 aromatic heterocycles. The van der Waals surface area contributed by atoms with E-state index in [0.29, 0.717) is 47.2 Å². The SMILES string of the molecule is C=CCn1c(=O)c2ccccc2n2c(SCC(=O)N(Cc3ccccc3)Cc3ccco3)nnc12. The lowest BCUT2D eigenvalue weighted by Crippen LogP contribution is -2.31. The Morgan fingerprint density at radius 3 is 2.60 bits per heavy atom. The normalized spacial score (nSPS) is 11.2. The van der Waals surface area contributed by atoms with Crippen LogP contribution >= 0.6 is 11.8 Å². The van der Waals surface area contributed by atoms with Crippen LogP contribution in [0.15, 0.2) is 100 Å². The molecule has 0 unspecified atom stereocenters. The van der Waals surface area contributed by atoms with Crippen LogP contribution in [-0.2, 0) is 24.4 Å². The van der Waals surface area contributed by atoms with Crippen molar-refractivity contribution in [1.82, 2.24) is 24.1 Å². The van der Waals surface area contributed by atoms with E-state index in [9.17, 15) is 9.59 Å². The summed E-state index contributed by atoms with van der Waals surface area (Å²) < 4.78 is 8.85. The van der Waals surface area contributed by atoms with Crippen molar-refractivity contribution >= 4 is 34.3 Å². The molecule has 0 aliphatic heterocycles. The Balaban J connectivity index is 1.45. The molecule has 9 heteroatoms. The van der Waals surface area contributed by atoms with Crippen LogP contribution in [-0.4, -0.2) is 35.7 Å². The monoisotopic (exact) mass is 485 g/mol. The molecule has 0 saturated carbocycles. The molecule has 0 aliphatic rings. The minimum Gasteiger partial charge on any atom is -0.467 e. The minimum absolute atomic E-state index is 0.0595. The number of benzene rings is 2. The van der Waals surface area contributed by atoms with E-state index in [2.05, 4.69) is 16.8 Å². The van der Waals surface area contributed by atoms with E-state index in [4.69, 9.17) is 4.42 Å². The van der Waals surface area contributed by atoms with E-state index in [1.807, 2.05) is 65.1 Å². The summed E-state index contributed by atoms with van der Waals surface area (Å²) in [6, 6.07) is 20.8. The molecule has 0 fully saturated rings. The maximum atomic E-state index is 13.3. The van der Waals surface area contributed by atoms with Gasteiger partial charge in [-0.15, -0.1) is 16.8 Å². The Bertz CT molecular complexity index is 1540. The molecule has 0 radical (unpaired) electrons. The molecule has 176 valence electrons. The molecule has 3 heterocycles. The van der Waals surface area contributed by atoms with Crippen LogP contribution in [0.25, 0.3) is 16.7 Å². The molecule has 0 saturated heterocycles. The zero-order chi connectivity index (χ0) is 24.2. The summed E-state index contributed by atoms with van der Waals surface area (Å²) in [6.07, 6.45) is 3.25. The number of furan rings is 1. The molecule has 8 nitrogen and oxygen atoms in total. The smallest absolute Gasteiger partial charge is 0.263 e. The van der Waals surface area contributed by atoms with Gasteiger partial charge >= 0.3 is 0 Å². The fourth-order valence-corrected chi connectivity index (χ4v) is 4.81. The Hall–Kier alpha value is -4.11. The lowest BCUT2D eigenvalue weighted by atomic mass is 10.2. The van der Waals surface area contributed by atoms with Crippen molar-refractivity contribution in [3.05, 3.63) is 107 Å². The summed E-state index contributed by atoms with van der Waals surface area (Å²) in [6.45, 7) is 4.89. The predicted octanol–water partition coefficient (Wildman–Crippen LogP) is 4.14. The number of fused-ring (bicyclic) bond motifs is 3. The van der Waals surface area contributed by atoms with Crippen LogP contribution in [0.3, 0.4) is 0 Å². The molecule has 0 N–H and O–H groups in total. The maximum Gasteiger partial charge on any atom is 0.263 e. The van der Waals surface area contributed by atoms with Gasteiger partial charge in [-0.2, -0.15) is 0 Å². The van der Waals surface area contributed by atoms with Crippen LogP contribution in [0.4, 0.5) is 0 Å². The fraction of sp³-hybridized carbons (Fsp3) is 0.154. The Kier molecular flexibility index (Phi) is 6.49. The van der Waals surface area contributed by atoms with Crippen molar-refractivity contribution in [2.24, 2.45) is 0 Å². The van der Waals surface area contributed by atoms with E-state index in [0.717, 1.165) is 5.56 Å². The molecular weight excluding hydrogens is 462 g/mol. The number of hydrogen-bond acceptors (Lipinski definition) is 6. The zero-order valence-electron chi connectivity index (χ0n) is 18.9. The van der Waals surface area contributed by atoms with Gasteiger partial charge in [0.2, 0.25) is 11.7 Å². The van der Waals surface area contributed by atoms with Crippen molar-refractivity contribution < 1.29 is 9.21 Å². The van der Waals surface area contributed by atoms with Gasteiger partial charge in [0.15, 0.2) is 5.16 Å². The summed E-state index contributed by atoms with van der Waals surface area (Å²) in [5.41, 5.74) is 1.58. The summed E-state index contributed by atoms with van der Waals surface area (Å²) in [5.74, 6) is 1.23. The van der Waals surface area contributed by atoms with E-state index in [1.54, 1.807) is 23.3 Å². The second-order valence-corrected chi connectivity index (χ2v) is 8.89. The number of aromatic nitrogens is 4. The maximum absolute atomic E-state index is 13.3. The van der Waals surface area contributed by atoms with E-state index < -0.39 is 0 Å². The standard InChI is InChI=1S/C26H23N5O3S/c1-2-14-30-24(33)21-12-6-7-13-22(21)31-25(30)27-28-26(31)35-18-23(32)29(17-20-11-8-15-34-20)16-19-9-4-3-5-10-19/h2-13,15H,1,14,16-18H2. The van der Waals surface area contributed by atoms with Crippen LogP contribution < -0.4 is 5.56 Å². The molecule has 5 rings (SSSR count). The van der Waals surface area contributed by atoms with E-state index >= 15 is 0 Å². The highest BCUT2D eigenvalue weighted by atomic mass is 32.2. The summed E-state index contributed by atoms with van der Waals surface area (Å²) in [4.78, 5) is 28.1. The number of nitrogens with zero attached hydrogens (tertiary/aromatic N) is 5. The molecular formula is C26H23N5O3S. The van der Waals surface area contributed by atoms with Crippen LogP contribution in [0.5, 0.6) is 0 Å². The number of para-hydroxylation sites is 1. The van der Waals surface area contributed by atoms with Gasteiger partial charge in [-0.25, -0.2) is 0 Å². The third-order valence-electron chi connectivity index (χ3n) is 5.61. The van der Waals surface area contributed by atoms with Gasteiger partial charge in [0, 0.05) is 13.1 Å². The minimum atomic E-state index is -0.152. The number of carbonyl (C=O) groups excluding carboxylic acids is 1. The highest BCUT2D eigenvalue weighted by Crippen LogP contribution is 2.23. The Morgan fingerprint density at radius 1 is 1.03 bits per heavy atom. The molecule has 0 aliphatic carbocycles. The average molecular weight is 486 g/mol. The Labute approximate surface area is 205 Å². The van der Waals surface area contributed by atoms with Crippen molar-refractivity contribution in [1.29, 1.82) is 0 Å². The summed E-state index contributed by atoms with van der Waals surface area (Å²) in [5, 5.41) is 9.68. The van der Waals surface area contributed by atoms with E-state index in [1.165, 1.54) is 16.3 Å². The van der Waals surface area contributed by atoms with Gasteiger partial charge in [0.25, 0.3) is 5.56 Å². The molecule has 35 heavy (non-hydrogen) atoms. The quantitative estimate of drug-likeness (QED) is 0.230. The van der Waals surface area contributed by atoms with E-state index in [-0.39, 0.29) is 17.2 Å². The molecule has 1 amide bonds. The molecule has 0 spiro atoms. The third-order valence-corrected chi connectivity index (χ3v) is 6.52. The van der Waals surface area contributed by atoms with Gasteiger partial charge in [-0.1, -0.05) is 60.3 Å². The number of carbonyl (C=O) groups is 1. The van der Waals surface area contributed by atoms with Crippen LogP contribution in [0.2, 0.25) is 0 Å². The van der Waals surface area contributed by atoms with Gasteiger partial charge in [0.05, 0.1) is 29.5 Å². The Morgan fingerprint density at radius 2 is 1.83 bits per heavy atom. The lowest BCUT2D eigenvalue weighted by Gasteiger charge is -2.21.